The molecule has 0 spiro atoms. The lowest BCUT2D eigenvalue weighted by Crippen LogP contribution is -2.38. The predicted octanol–water partition coefficient (Wildman–Crippen LogP) is 2.41. The molecule has 0 unspecified atom stereocenters. The third kappa shape index (κ3) is 3.47. The SMILES string of the molecule is N#CC1CCN(S(=O)(=O)Cc2ccccc2Cl)CC1. The molecule has 2 rings (SSSR count). The maximum Gasteiger partial charge on any atom is 0.218 e. The number of nitriles is 1. The Morgan fingerprint density at radius 3 is 2.53 bits per heavy atom. The zero-order chi connectivity index (χ0) is 13.9. The Hall–Kier alpha value is -1.09. The molecule has 6 heteroatoms. The molecule has 0 bridgehead atoms. The van der Waals surface area contributed by atoms with Crippen molar-refractivity contribution in [1.82, 2.24) is 4.31 Å². The number of benzene rings is 1. The summed E-state index contributed by atoms with van der Waals surface area (Å²) in [6, 6.07) is 9.16. The van der Waals surface area contributed by atoms with E-state index in [1.54, 1.807) is 24.3 Å². The van der Waals surface area contributed by atoms with E-state index in [1.165, 1.54) is 4.31 Å². The first-order valence-corrected chi connectivity index (χ1v) is 8.12. The number of hydrogen-bond donors (Lipinski definition) is 0. The molecule has 102 valence electrons. The summed E-state index contributed by atoms with van der Waals surface area (Å²) in [5, 5.41) is 9.29. The molecule has 0 radical (unpaired) electrons. The van der Waals surface area contributed by atoms with Crippen LogP contribution in [0, 0.1) is 17.2 Å². The summed E-state index contributed by atoms with van der Waals surface area (Å²) in [5.74, 6) is -0.101. The molecule has 0 N–H and O–H groups in total. The molecular formula is C13H15ClN2O2S. The van der Waals surface area contributed by atoms with Gasteiger partial charge in [0.1, 0.15) is 0 Å². The van der Waals surface area contributed by atoms with Gasteiger partial charge in [-0.15, -0.1) is 0 Å². The Bertz CT molecular complexity index is 587. The quantitative estimate of drug-likeness (QED) is 0.861. The molecule has 1 heterocycles. The van der Waals surface area contributed by atoms with Gasteiger partial charge in [0, 0.05) is 24.0 Å². The van der Waals surface area contributed by atoms with Crippen molar-refractivity contribution in [2.24, 2.45) is 5.92 Å². The van der Waals surface area contributed by atoms with Gasteiger partial charge in [0.05, 0.1) is 11.8 Å². The Labute approximate surface area is 118 Å². The molecule has 1 aromatic rings. The van der Waals surface area contributed by atoms with Crippen LogP contribution in [-0.4, -0.2) is 25.8 Å². The monoisotopic (exact) mass is 298 g/mol. The van der Waals surface area contributed by atoms with Crippen molar-refractivity contribution in [3.8, 4) is 6.07 Å². The van der Waals surface area contributed by atoms with Gasteiger partial charge in [-0.25, -0.2) is 12.7 Å². The minimum Gasteiger partial charge on any atom is -0.212 e. The fourth-order valence-electron chi connectivity index (χ4n) is 2.17. The molecule has 1 saturated heterocycles. The van der Waals surface area contributed by atoms with Crippen molar-refractivity contribution in [3.63, 3.8) is 0 Å². The van der Waals surface area contributed by atoms with Gasteiger partial charge in [-0.3, -0.25) is 0 Å². The molecule has 0 atom stereocenters. The number of nitrogens with zero attached hydrogens (tertiary/aromatic N) is 2. The summed E-state index contributed by atoms with van der Waals surface area (Å²) in [5.41, 5.74) is 0.617. The van der Waals surface area contributed by atoms with E-state index in [2.05, 4.69) is 6.07 Å². The van der Waals surface area contributed by atoms with E-state index < -0.39 is 10.0 Å². The van der Waals surface area contributed by atoms with Gasteiger partial charge in [0.2, 0.25) is 10.0 Å². The Kier molecular flexibility index (Phi) is 4.46. The van der Waals surface area contributed by atoms with Crippen molar-refractivity contribution < 1.29 is 8.42 Å². The third-order valence-electron chi connectivity index (χ3n) is 3.33. The highest BCUT2D eigenvalue weighted by atomic mass is 35.5. The molecule has 0 saturated carbocycles. The van der Waals surface area contributed by atoms with E-state index in [0.717, 1.165) is 0 Å². The van der Waals surface area contributed by atoms with Crippen LogP contribution in [0.2, 0.25) is 5.02 Å². The van der Waals surface area contributed by atoms with E-state index in [9.17, 15) is 8.42 Å². The van der Waals surface area contributed by atoms with Crippen LogP contribution in [-0.2, 0) is 15.8 Å². The summed E-state index contributed by atoms with van der Waals surface area (Å²) in [7, 11) is -3.35. The molecule has 0 amide bonds. The van der Waals surface area contributed by atoms with E-state index in [1.807, 2.05) is 0 Å². The summed E-state index contributed by atoms with van der Waals surface area (Å²) in [4.78, 5) is 0. The lowest BCUT2D eigenvalue weighted by atomic mass is 10.0. The van der Waals surface area contributed by atoms with Crippen molar-refractivity contribution in [3.05, 3.63) is 34.9 Å². The lowest BCUT2D eigenvalue weighted by molar-refractivity contribution is 0.309. The van der Waals surface area contributed by atoms with Gasteiger partial charge < -0.3 is 0 Å². The van der Waals surface area contributed by atoms with Crippen molar-refractivity contribution in [2.75, 3.05) is 13.1 Å². The largest absolute Gasteiger partial charge is 0.218 e. The third-order valence-corrected chi connectivity index (χ3v) is 5.52. The van der Waals surface area contributed by atoms with E-state index in [-0.39, 0.29) is 11.7 Å². The van der Waals surface area contributed by atoms with Gasteiger partial charge in [0.15, 0.2) is 0 Å². The van der Waals surface area contributed by atoms with Gasteiger partial charge >= 0.3 is 0 Å². The van der Waals surface area contributed by atoms with Crippen LogP contribution in [0.5, 0.6) is 0 Å². The summed E-state index contributed by atoms with van der Waals surface area (Å²) >= 11 is 5.99. The Balaban J connectivity index is 2.08. The minimum atomic E-state index is -3.35. The number of sulfonamides is 1. The molecule has 0 aliphatic carbocycles. The number of rotatable bonds is 3. The average Bonchev–Trinajstić information content (AvgIpc) is 2.41. The van der Waals surface area contributed by atoms with E-state index in [0.29, 0.717) is 36.5 Å². The molecule has 0 aromatic heterocycles. The standard InChI is InChI=1S/C13H15ClN2O2S/c14-13-4-2-1-3-12(13)10-19(17,18)16-7-5-11(9-15)6-8-16/h1-4,11H,5-8,10H2. The topological polar surface area (TPSA) is 61.2 Å². The molecule has 1 aliphatic rings. The molecule has 1 fully saturated rings. The fourth-order valence-corrected chi connectivity index (χ4v) is 4.04. The van der Waals surface area contributed by atoms with Crippen LogP contribution in [0.3, 0.4) is 0 Å². The van der Waals surface area contributed by atoms with Gasteiger partial charge in [-0.1, -0.05) is 29.8 Å². The van der Waals surface area contributed by atoms with Crippen LogP contribution in [0.4, 0.5) is 0 Å². The van der Waals surface area contributed by atoms with Crippen LogP contribution < -0.4 is 0 Å². The fraction of sp³-hybridized carbons (Fsp3) is 0.462. The molecule has 4 nitrogen and oxygen atoms in total. The molecular weight excluding hydrogens is 284 g/mol. The second-order valence-electron chi connectivity index (χ2n) is 4.65. The van der Waals surface area contributed by atoms with Crippen molar-refractivity contribution in [1.29, 1.82) is 5.26 Å². The smallest absolute Gasteiger partial charge is 0.212 e. The van der Waals surface area contributed by atoms with Gasteiger partial charge in [-0.05, 0) is 24.5 Å². The molecule has 1 aliphatic heterocycles. The van der Waals surface area contributed by atoms with Crippen LogP contribution in [0.15, 0.2) is 24.3 Å². The number of hydrogen-bond acceptors (Lipinski definition) is 3. The summed E-state index contributed by atoms with van der Waals surface area (Å²) in [6.45, 7) is 0.843. The predicted molar refractivity (Wildman–Crippen MR) is 74.0 cm³/mol. The number of halogens is 1. The minimum absolute atomic E-state index is 0.0215. The molecule has 19 heavy (non-hydrogen) atoms. The second-order valence-corrected chi connectivity index (χ2v) is 7.03. The maximum absolute atomic E-state index is 12.3. The summed E-state index contributed by atoms with van der Waals surface area (Å²) in [6.07, 6.45) is 1.22. The normalized spacial score (nSPS) is 18.1. The first-order chi connectivity index (χ1) is 9.03. The summed E-state index contributed by atoms with van der Waals surface area (Å²) < 4.78 is 26.0. The van der Waals surface area contributed by atoms with E-state index >= 15 is 0 Å². The zero-order valence-electron chi connectivity index (χ0n) is 10.4. The van der Waals surface area contributed by atoms with Gasteiger partial charge in [0.25, 0.3) is 0 Å². The highest BCUT2D eigenvalue weighted by Crippen LogP contribution is 2.23. The average molecular weight is 299 g/mol. The van der Waals surface area contributed by atoms with Gasteiger partial charge in [-0.2, -0.15) is 5.26 Å². The first kappa shape index (κ1) is 14.3. The zero-order valence-corrected chi connectivity index (χ0v) is 12.0. The first-order valence-electron chi connectivity index (χ1n) is 6.14. The number of piperidine rings is 1. The van der Waals surface area contributed by atoms with Crippen LogP contribution in [0.1, 0.15) is 18.4 Å². The van der Waals surface area contributed by atoms with Crippen molar-refractivity contribution in [2.45, 2.75) is 18.6 Å². The molecule has 1 aromatic carbocycles. The second kappa shape index (κ2) is 5.91. The lowest BCUT2D eigenvalue weighted by Gasteiger charge is -2.28. The van der Waals surface area contributed by atoms with Crippen LogP contribution in [0.25, 0.3) is 0 Å². The Morgan fingerprint density at radius 2 is 1.95 bits per heavy atom. The Morgan fingerprint density at radius 1 is 1.32 bits per heavy atom. The highest BCUT2D eigenvalue weighted by Gasteiger charge is 2.28. The van der Waals surface area contributed by atoms with Crippen molar-refractivity contribution >= 4 is 21.6 Å². The highest BCUT2D eigenvalue weighted by molar-refractivity contribution is 7.88. The van der Waals surface area contributed by atoms with E-state index in [4.69, 9.17) is 16.9 Å². The van der Waals surface area contributed by atoms with Crippen LogP contribution >= 0.6 is 11.6 Å². The maximum atomic E-state index is 12.3.